The average Bonchev–Trinajstić information content (AvgIpc) is 2.49. The number of aromatic nitrogens is 1. The van der Waals surface area contributed by atoms with E-state index in [9.17, 15) is 19.7 Å². The highest BCUT2D eigenvalue weighted by Crippen LogP contribution is 2.11. The zero-order chi connectivity index (χ0) is 15.4. The van der Waals surface area contributed by atoms with E-state index in [0.717, 1.165) is 6.07 Å². The summed E-state index contributed by atoms with van der Waals surface area (Å²) in [6, 6.07) is 9.10. The Morgan fingerprint density at radius 3 is 2.67 bits per heavy atom. The zero-order valence-electron chi connectivity index (χ0n) is 10.9. The second-order valence-electron chi connectivity index (χ2n) is 4.21. The first-order chi connectivity index (χ1) is 10.0. The van der Waals surface area contributed by atoms with Crippen LogP contribution in [0.2, 0.25) is 0 Å². The number of hydrogen-bond acceptors (Lipinski definition) is 5. The zero-order valence-corrected chi connectivity index (χ0v) is 10.9. The largest absolute Gasteiger partial charge is 0.334 e. The first-order valence-corrected chi connectivity index (χ1v) is 5.97. The molecule has 8 heteroatoms. The normalized spacial score (nSPS) is 10.1. The number of nitro groups is 1. The van der Waals surface area contributed by atoms with Crippen molar-refractivity contribution < 1.29 is 9.72 Å². The number of carbonyl (C=O) groups is 1. The summed E-state index contributed by atoms with van der Waals surface area (Å²) in [5.41, 5.74) is 1.61. The monoisotopic (exact) mass is 288 g/mol. The highest BCUT2D eigenvalue weighted by atomic mass is 16.6. The fraction of sp³-hybridized carbons (Fsp3) is 0.0769. The van der Waals surface area contributed by atoms with Crippen LogP contribution in [-0.2, 0) is 6.54 Å². The third-order valence-corrected chi connectivity index (χ3v) is 2.93. The fourth-order valence-electron chi connectivity index (χ4n) is 1.93. The molecule has 0 spiro atoms. The van der Waals surface area contributed by atoms with Gasteiger partial charge in [-0.3, -0.25) is 25.1 Å². The van der Waals surface area contributed by atoms with E-state index in [2.05, 4.69) is 0 Å². The van der Waals surface area contributed by atoms with Crippen molar-refractivity contribution in [3.63, 3.8) is 0 Å². The van der Waals surface area contributed by atoms with Crippen LogP contribution in [0.3, 0.4) is 0 Å². The molecule has 21 heavy (non-hydrogen) atoms. The van der Waals surface area contributed by atoms with Crippen LogP contribution in [0.25, 0.3) is 0 Å². The minimum Gasteiger partial charge on any atom is -0.305 e. The van der Waals surface area contributed by atoms with Gasteiger partial charge in [-0.1, -0.05) is 18.2 Å². The van der Waals surface area contributed by atoms with Crippen LogP contribution >= 0.6 is 0 Å². The molecule has 1 heterocycles. The van der Waals surface area contributed by atoms with Gasteiger partial charge in [-0.05, 0) is 17.7 Å². The van der Waals surface area contributed by atoms with Gasteiger partial charge in [-0.15, -0.1) is 0 Å². The highest BCUT2D eigenvalue weighted by molar-refractivity contribution is 5.95. The van der Waals surface area contributed by atoms with Gasteiger partial charge in [-0.25, -0.2) is 5.84 Å². The number of amides is 1. The first kappa shape index (κ1) is 14.4. The number of hydrazine groups is 1. The summed E-state index contributed by atoms with van der Waals surface area (Å²) in [5, 5.41) is 10.8. The third kappa shape index (κ3) is 2.95. The molecule has 108 valence electrons. The van der Waals surface area contributed by atoms with Gasteiger partial charge in [0, 0.05) is 17.8 Å². The quantitative estimate of drug-likeness (QED) is 0.365. The van der Waals surface area contributed by atoms with Gasteiger partial charge < -0.3 is 4.57 Å². The predicted octanol–water partition coefficient (Wildman–Crippen LogP) is 0.408. The Morgan fingerprint density at radius 1 is 1.29 bits per heavy atom. The smallest absolute Gasteiger partial charge is 0.305 e. The van der Waals surface area contributed by atoms with Gasteiger partial charge in [0.25, 0.3) is 5.91 Å². The van der Waals surface area contributed by atoms with Crippen molar-refractivity contribution in [3.8, 4) is 0 Å². The van der Waals surface area contributed by atoms with E-state index >= 15 is 0 Å². The van der Waals surface area contributed by atoms with E-state index in [4.69, 9.17) is 5.84 Å². The van der Waals surface area contributed by atoms with Crippen molar-refractivity contribution >= 4 is 11.6 Å². The minimum atomic E-state index is -0.739. The molecule has 1 amide bonds. The second-order valence-corrected chi connectivity index (χ2v) is 4.21. The molecular weight excluding hydrogens is 276 g/mol. The van der Waals surface area contributed by atoms with Gasteiger partial charge in [0.2, 0.25) is 0 Å². The van der Waals surface area contributed by atoms with Crippen LogP contribution in [0.4, 0.5) is 5.69 Å². The Morgan fingerprint density at radius 2 is 2.00 bits per heavy atom. The number of nitrogens with two attached hydrogens (primary N) is 1. The van der Waals surface area contributed by atoms with Gasteiger partial charge in [0.1, 0.15) is 0 Å². The molecule has 1 aromatic carbocycles. The number of hydrogen-bond donors (Lipinski definition) is 2. The Hall–Kier alpha value is -3.00. The summed E-state index contributed by atoms with van der Waals surface area (Å²) in [7, 11) is 0. The maximum absolute atomic E-state index is 12.0. The molecule has 3 N–H and O–H groups in total. The lowest BCUT2D eigenvalue weighted by Crippen LogP contribution is -2.31. The summed E-state index contributed by atoms with van der Waals surface area (Å²) in [5.74, 6) is 4.61. The molecule has 1 aromatic heterocycles. The van der Waals surface area contributed by atoms with Crippen molar-refractivity contribution in [1.29, 1.82) is 0 Å². The van der Waals surface area contributed by atoms with Crippen molar-refractivity contribution in [2.45, 2.75) is 6.54 Å². The second kappa shape index (κ2) is 5.97. The van der Waals surface area contributed by atoms with Gasteiger partial charge in [0.05, 0.1) is 11.5 Å². The number of nitrogens with zero attached hydrogens (tertiary/aromatic N) is 2. The molecule has 0 fully saturated rings. The Balaban J connectivity index is 2.45. The molecule has 0 aliphatic carbocycles. The number of nitrogens with one attached hydrogen (secondary N) is 1. The first-order valence-electron chi connectivity index (χ1n) is 5.97. The molecular formula is C13H12N4O4. The molecule has 0 atom stereocenters. The van der Waals surface area contributed by atoms with Crippen molar-refractivity contribution in [1.82, 2.24) is 9.99 Å². The van der Waals surface area contributed by atoms with Crippen LogP contribution in [0.15, 0.2) is 47.4 Å². The summed E-state index contributed by atoms with van der Waals surface area (Å²) in [4.78, 5) is 33.6. The van der Waals surface area contributed by atoms with Gasteiger partial charge in [-0.2, -0.15) is 0 Å². The molecule has 0 aliphatic heterocycles. The van der Waals surface area contributed by atoms with Crippen molar-refractivity contribution in [2.24, 2.45) is 5.84 Å². The standard InChI is InChI=1S/C13H12N4O4/c14-15-12(18)10-5-2-1-4-9(10)8-16-7-3-6-11(13(16)19)17(20)21/h1-7H,8,14H2,(H,15,18). The number of rotatable bonds is 4. The highest BCUT2D eigenvalue weighted by Gasteiger charge is 2.15. The number of pyridine rings is 1. The summed E-state index contributed by atoms with van der Waals surface area (Å²) >= 11 is 0. The number of carbonyl (C=O) groups excluding carboxylic acids is 1. The molecule has 0 radical (unpaired) electrons. The molecule has 0 saturated heterocycles. The lowest BCUT2D eigenvalue weighted by atomic mass is 10.1. The fourth-order valence-corrected chi connectivity index (χ4v) is 1.93. The Kier molecular flexibility index (Phi) is 4.10. The molecule has 2 aromatic rings. The summed E-state index contributed by atoms with van der Waals surface area (Å²) in [6.07, 6.45) is 1.42. The predicted molar refractivity (Wildman–Crippen MR) is 74.6 cm³/mol. The molecule has 8 nitrogen and oxygen atoms in total. The van der Waals surface area contributed by atoms with Gasteiger partial charge in [0.15, 0.2) is 0 Å². The van der Waals surface area contributed by atoms with Crippen LogP contribution < -0.4 is 16.8 Å². The topological polar surface area (TPSA) is 120 Å². The Bertz CT molecular complexity index is 754. The Labute approximate surface area is 118 Å². The molecule has 0 bridgehead atoms. The summed E-state index contributed by atoms with van der Waals surface area (Å²) < 4.78 is 1.17. The minimum absolute atomic E-state index is 0.0319. The van der Waals surface area contributed by atoms with E-state index in [1.54, 1.807) is 24.3 Å². The van der Waals surface area contributed by atoms with E-state index in [0.29, 0.717) is 11.1 Å². The molecule has 0 aliphatic rings. The molecule has 0 saturated carbocycles. The maximum Gasteiger partial charge on any atom is 0.334 e. The van der Waals surface area contributed by atoms with Crippen molar-refractivity contribution in [3.05, 3.63) is 74.2 Å². The summed E-state index contributed by atoms with van der Waals surface area (Å²) in [6.45, 7) is 0.0319. The van der Waals surface area contributed by atoms with Crippen LogP contribution in [0, 0.1) is 10.1 Å². The average molecular weight is 288 g/mol. The lowest BCUT2D eigenvalue weighted by Gasteiger charge is -2.09. The number of benzene rings is 1. The van der Waals surface area contributed by atoms with Crippen LogP contribution in [-0.4, -0.2) is 15.4 Å². The molecule has 2 rings (SSSR count). The van der Waals surface area contributed by atoms with E-state index in [1.807, 2.05) is 5.43 Å². The van der Waals surface area contributed by atoms with E-state index < -0.39 is 22.1 Å². The number of nitrogen functional groups attached to an aromatic ring is 1. The molecule has 0 unspecified atom stereocenters. The van der Waals surface area contributed by atoms with Crippen LogP contribution in [0.5, 0.6) is 0 Å². The van der Waals surface area contributed by atoms with E-state index in [-0.39, 0.29) is 6.54 Å². The lowest BCUT2D eigenvalue weighted by molar-refractivity contribution is -0.386. The maximum atomic E-state index is 12.0. The van der Waals surface area contributed by atoms with Crippen LogP contribution in [0.1, 0.15) is 15.9 Å². The van der Waals surface area contributed by atoms with E-state index in [1.165, 1.54) is 16.8 Å². The van der Waals surface area contributed by atoms with Gasteiger partial charge >= 0.3 is 11.2 Å². The third-order valence-electron chi connectivity index (χ3n) is 2.93. The van der Waals surface area contributed by atoms with Crippen molar-refractivity contribution in [2.75, 3.05) is 0 Å². The SMILES string of the molecule is NNC(=O)c1ccccc1Cn1cccc([N+](=O)[O-])c1=O.